The summed E-state index contributed by atoms with van der Waals surface area (Å²) < 4.78 is 5.16. The van der Waals surface area contributed by atoms with Crippen LogP contribution in [0.1, 0.15) is 59.4 Å². The van der Waals surface area contributed by atoms with E-state index in [1.165, 1.54) is 4.90 Å². The van der Waals surface area contributed by atoms with Crippen molar-refractivity contribution in [1.29, 1.82) is 0 Å². The molecule has 3 atom stereocenters. The molecule has 0 aliphatic heterocycles. The molecule has 0 saturated heterocycles. The molecular weight excluding hydrogens is 394 g/mol. The molecule has 1 fully saturated rings. The Hall–Kier alpha value is -2.66. The first-order valence-electron chi connectivity index (χ1n) is 10.9. The van der Waals surface area contributed by atoms with Crippen molar-refractivity contribution >= 4 is 18.1 Å². The summed E-state index contributed by atoms with van der Waals surface area (Å²) in [4.78, 5) is 41.7. The Morgan fingerprint density at radius 3 is 2.55 bits per heavy atom. The van der Waals surface area contributed by atoms with Gasteiger partial charge in [0, 0.05) is 12.6 Å². The van der Waals surface area contributed by atoms with Crippen LogP contribution in [0.15, 0.2) is 35.3 Å². The summed E-state index contributed by atoms with van der Waals surface area (Å²) in [6.07, 6.45) is 4.06. The molecule has 1 saturated carbocycles. The summed E-state index contributed by atoms with van der Waals surface area (Å²) in [7, 11) is 0. The molecule has 0 heterocycles. The van der Waals surface area contributed by atoms with Crippen LogP contribution in [0, 0.1) is 10.8 Å². The highest BCUT2D eigenvalue weighted by Gasteiger charge is 2.42. The fraction of sp³-hybridized carbons (Fsp3) is 0.625. The number of ether oxygens (including phenoxy) is 1. The van der Waals surface area contributed by atoms with Crippen molar-refractivity contribution in [3.8, 4) is 0 Å². The van der Waals surface area contributed by atoms with Gasteiger partial charge in [-0.3, -0.25) is 0 Å². The fourth-order valence-corrected chi connectivity index (χ4v) is 4.89. The maximum absolute atomic E-state index is 13.3. The number of esters is 1. The smallest absolute Gasteiger partial charge is 0.328 e. The van der Waals surface area contributed by atoms with Gasteiger partial charge < -0.3 is 15.0 Å². The number of amides is 2. The third-order valence-corrected chi connectivity index (χ3v) is 5.85. The predicted octanol–water partition coefficient (Wildman–Crippen LogP) is 4.07. The molecule has 2 amide bonds. The van der Waals surface area contributed by atoms with Gasteiger partial charge in [-0.05, 0) is 49.5 Å². The second kappa shape index (κ2) is 10.6. The van der Waals surface area contributed by atoms with E-state index in [1.54, 1.807) is 19.9 Å². The molecule has 1 aliphatic carbocycles. The van der Waals surface area contributed by atoms with Gasteiger partial charge in [0.1, 0.15) is 6.04 Å². The van der Waals surface area contributed by atoms with E-state index in [1.807, 2.05) is 30.3 Å². The molecular formula is C24H35N3O4. The van der Waals surface area contributed by atoms with Crippen LogP contribution in [0.25, 0.3) is 0 Å². The van der Waals surface area contributed by atoms with E-state index in [0.717, 1.165) is 18.4 Å². The lowest BCUT2D eigenvalue weighted by Gasteiger charge is -2.46. The van der Waals surface area contributed by atoms with Crippen LogP contribution in [-0.2, 0) is 20.9 Å². The summed E-state index contributed by atoms with van der Waals surface area (Å²) in [5.41, 5.74) is 0.719. The van der Waals surface area contributed by atoms with Crippen molar-refractivity contribution in [2.45, 2.75) is 72.5 Å². The molecule has 3 unspecified atom stereocenters. The standard InChI is InChI=1S/C24H35N3O4/c1-6-31-21(29)18(2)27(14-19-10-8-7-9-11-19)22(30)26-20-12-23(3,4)15-24(5,13-20)16-25-17-28/h7-11,18,20H,6,12-16H2,1-5H3,(H,26,30). The Balaban J connectivity index is 2.20. The number of hydrogen-bond acceptors (Lipinski definition) is 5. The number of nitrogens with one attached hydrogen (secondary N) is 1. The number of aliphatic imine (C=N–C) groups is 1. The summed E-state index contributed by atoms with van der Waals surface area (Å²) in [5.74, 6) is -0.428. The third kappa shape index (κ3) is 7.21. The third-order valence-electron chi connectivity index (χ3n) is 5.85. The Morgan fingerprint density at radius 2 is 1.94 bits per heavy atom. The van der Waals surface area contributed by atoms with Crippen LogP contribution in [0.2, 0.25) is 0 Å². The highest BCUT2D eigenvalue weighted by atomic mass is 16.5. The number of hydrogen-bond donors (Lipinski definition) is 1. The summed E-state index contributed by atoms with van der Waals surface area (Å²) in [6, 6.07) is 8.47. The molecule has 170 valence electrons. The molecule has 1 aromatic carbocycles. The number of isocyanates is 1. The minimum Gasteiger partial charge on any atom is -0.464 e. The van der Waals surface area contributed by atoms with Gasteiger partial charge in [-0.2, -0.15) is 0 Å². The van der Waals surface area contributed by atoms with Crippen molar-refractivity contribution in [1.82, 2.24) is 10.2 Å². The van der Waals surface area contributed by atoms with Gasteiger partial charge in [-0.15, -0.1) is 0 Å². The summed E-state index contributed by atoms with van der Waals surface area (Å²) in [5, 5.41) is 3.14. The zero-order chi connectivity index (χ0) is 23.1. The first kappa shape index (κ1) is 24.6. The van der Waals surface area contributed by atoms with Gasteiger partial charge in [0.15, 0.2) is 0 Å². The largest absolute Gasteiger partial charge is 0.464 e. The van der Waals surface area contributed by atoms with Crippen LogP contribution < -0.4 is 5.32 Å². The van der Waals surface area contributed by atoms with Gasteiger partial charge in [0.25, 0.3) is 0 Å². The normalized spacial score (nSPS) is 23.2. The van der Waals surface area contributed by atoms with E-state index in [4.69, 9.17) is 4.74 Å². The van der Waals surface area contributed by atoms with E-state index in [-0.39, 0.29) is 29.5 Å². The van der Waals surface area contributed by atoms with Crippen molar-refractivity contribution in [2.75, 3.05) is 13.2 Å². The van der Waals surface area contributed by atoms with Crippen LogP contribution in [-0.4, -0.2) is 48.2 Å². The Labute approximate surface area is 185 Å². The van der Waals surface area contributed by atoms with Gasteiger partial charge in [0.05, 0.1) is 13.2 Å². The van der Waals surface area contributed by atoms with Crippen molar-refractivity contribution < 1.29 is 19.1 Å². The second-order valence-electron chi connectivity index (χ2n) is 9.66. The maximum atomic E-state index is 13.3. The highest BCUT2D eigenvalue weighted by molar-refractivity contribution is 5.83. The van der Waals surface area contributed by atoms with Crippen LogP contribution in [0.3, 0.4) is 0 Å². The molecule has 1 N–H and O–H groups in total. The Morgan fingerprint density at radius 1 is 1.26 bits per heavy atom. The van der Waals surface area contributed by atoms with E-state index in [9.17, 15) is 14.4 Å². The summed E-state index contributed by atoms with van der Waals surface area (Å²) in [6.45, 7) is 10.8. The fourth-order valence-electron chi connectivity index (χ4n) is 4.89. The average Bonchev–Trinajstić information content (AvgIpc) is 2.69. The number of urea groups is 1. The topological polar surface area (TPSA) is 88.1 Å². The average molecular weight is 430 g/mol. The molecule has 0 aromatic heterocycles. The SMILES string of the molecule is CCOC(=O)C(C)N(Cc1ccccc1)C(=O)NC1CC(C)(C)CC(C)(CN=C=O)C1. The number of carbonyl (C=O) groups is 2. The van der Waals surface area contributed by atoms with E-state index >= 15 is 0 Å². The molecule has 0 spiro atoms. The quantitative estimate of drug-likeness (QED) is 0.383. The molecule has 1 aromatic rings. The number of nitrogens with zero attached hydrogens (tertiary/aromatic N) is 2. The van der Waals surface area contributed by atoms with Gasteiger partial charge in [0.2, 0.25) is 6.08 Å². The predicted molar refractivity (Wildman–Crippen MR) is 119 cm³/mol. The zero-order valence-electron chi connectivity index (χ0n) is 19.3. The lowest BCUT2D eigenvalue weighted by Crippen LogP contribution is -2.54. The van der Waals surface area contributed by atoms with Crippen LogP contribution in [0.5, 0.6) is 0 Å². The Kier molecular flexibility index (Phi) is 8.40. The minimum atomic E-state index is -0.720. The molecule has 7 heteroatoms. The van der Waals surface area contributed by atoms with E-state index in [0.29, 0.717) is 19.5 Å². The van der Waals surface area contributed by atoms with Crippen molar-refractivity contribution in [3.63, 3.8) is 0 Å². The van der Waals surface area contributed by atoms with Crippen molar-refractivity contribution in [2.24, 2.45) is 15.8 Å². The number of benzene rings is 1. The first-order valence-corrected chi connectivity index (χ1v) is 10.9. The number of carbonyl (C=O) groups excluding carboxylic acids is 3. The summed E-state index contributed by atoms with van der Waals surface area (Å²) >= 11 is 0. The second-order valence-corrected chi connectivity index (χ2v) is 9.66. The lowest BCUT2D eigenvalue weighted by atomic mass is 9.62. The maximum Gasteiger partial charge on any atom is 0.328 e. The molecule has 1 aliphatic rings. The Bertz CT molecular complexity index is 804. The molecule has 31 heavy (non-hydrogen) atoms. The number of rotatable bonds is 8. The van der Waals surface area contributed by atoms with Gasteiger partial charge in [-0.25, -0.2) is 19.4 Å². The zero-order valence-corrected chi connectivity index (χ0v) is 19.3. The van der Waals surface area contributed by atoms with E-state index < -0.39 is 12.0 Å². The van der Waals surface area contributed by atoms with Crippen LogP contribution >= 0.6 is 0 Å². The first-order chi connectivity index (χ1) is 14.6. The lowest BCUT2D eigenvalue weighted by molar-refractivity contribution is -0.148. The molecule has 2 rings (SSSR count). The van der Waals surface area contributed by atoms with Gasteiger partial charge >= 0.3 is 12.0 Å². The van der Waals surface area contributed by atoms with Crippen molar-refractivity contribution in [3.05, 3.63) is 35.9 Å². The van der Waals surface area contributed by atoms with Crippen LogP contribution in [0.4, 0.5) is 4.79 Å². The minimum absolute atomic E-state index is 0.0135. The molecule has 0 bridgehead atoms. The van der Waals surface area contributed by atoms with E-state index in [2.05, 4.69) is 31.1 Å². The van der Waals surface area contributed by atoms with Gasteiger partial charge in [-0.1, -0.05) is 51.1 Å². The highest BCUT2D eigenvalue weighted by Crippen LogP contribution is 2.46. The molecule has 0 radical (unpaired) electrons. The monoisotopic (exact) mass is 429 g/mol. The molecule has 7 nitrogen and oxygen atoms in total.